The summed E-state index contributed by atoms with van der Waals surface area (Å²) in [6.07, 6.45) is 2.76. The Morgan fingerprint density at radius 1 is 0.881 bits per heavy atom. The number of amides is 3. The molecule has 1 fully saturated rings. The average molecular weight is 571 g/mol. The van der Waals surface area contributed by atoms with E-state index in [2.05, 4.69) is 10.6 Å². The maximum absolute atomic E-state index is 14.3. The number of hydrogen-bond acceptors (Lipinski definition) is 5. The monoisotopic (exact) mass is 570 g/mol. The molecule has 0 unspecified atom stereocenters. The summed E-state index contributed by atoms with van der Waals surface area (Å²) in [7, 11) is 4.85. The van der Waals surface area contributed by atoms with Crippen molar-refractivity contribution in [1.82, 2.24) is 20.4 Å². The van der Waals surface area contributed by atoms with Crippen LogP contribution in [0.5, 0.6) is 0 Å². The molecule has 2 N–H and O–H groups in total. The lowest BCUT2D eigenvalue weighted by atomic mass is 9.93. The van der Waals surface area contributed by atoms with E-state index >= 15 is 0 Å². The van der Waals surface area contributed by atoms with Crippen LogP contribution in [0.1, 0.15) is 24.0 Å². The highest BCUT2D eigenvalue weighted by Crippen LogP contribution is 2.26. The topological polar surface area (TPSA) is 91.0 Å². The molecular formula is C34H42N4O4. The van der Waals surface area contributed by atoms with Crippen LogP contribution in [0.4, 0.5) is 0 Å². The van der Waals surface area contributed by atoms with Crippen molar-refractivity contribution in [2.45, 2.75) is 43.8 Å². The first-order chi connectivity index (χ1) is 20.4. The first kappa shape index (κ1) is 30.9. The Morgan fingerprint density at radius 3 is 2.21 bits per heavy atom. The molecule has 8 heteroatoms. The Kier molecular flexibility index (Phi) is 11.3. The highest BCUT2D eigenvalue weighted by Gasteiger charge is 2.35. The Bertz CT molecular complexity index is 1310. The number of carbonyl (C=O) groups excluding carboxylic acids is 3. The number of nitrogens with zero attached hydrogens (tertiary/aromatic N) is 2. The molecule has 42 heavy (non-hydrogen) atoms. The summed E-state index contributed by atoms with van der Waals surface area (Å²) < 4.78 is 5.77. The van der Waals surface area contributed by atoms with E-state index in [9.17, 15) is 14.4 Å². The largest absolute Gasteiger partial charge is 0.370 e. The van der Waals surface area contributed by atoms with E-state index in [1.807, 2.05) is 84.9 Å². The van der Waals surface area contributed by atoms with E-state index in [4.69, 9.17) is 4.74 Å². The van der Waals surface area contributed by atoms with Crippen LogP contribution < -0.4 is 10.6 Å². The third kappa shape index (κ3) is 8.05. The molecule has 3 atom stereocenters. The Morgan fingerprint density at radius 2 is 1.55 bits per heavy atom. The first-order valence-electron chi connectivity index (χ1n) is 14.6. The van der Waals surface area contributed by atoms with Crippen molar-refractivity contribution in [2.24, 2.45) is 0 Å². The number of ether oxygens (including phenoxy) is 1. The molecule has 8 nitrogen and oxygen atoms in total. The quantitative estimate of drug-likeness (QED) is 0.329. The van der Waals surface area contributed by atoms with Crippen LogP contribution in [-0.4, -0.2) is 86.5 Å². The van der Waals surface area contributed by atoms with Gasteiger partial charge in [0.1, 0.15) is 18.7 Å². The standard InChI is InChI=1S/C34H42N4O4/c1-35-33(40)30(21-25-13-6-4-7-14-25)38(3)34(41)31(37(2)32(39)24-42-23-28-18-12-20-36-28)22-27-17-10-11-19-29(27)26-15-8-5-9-16-26/h4-11,13-17,19,28,30-31,36H,12,18,20-24H2,1-3H3,(H,35,40)/t28-,30+,31+/m0/s1. The fourth-order valence-corrected chi connectivity index (χ4v) is 5.46. The molecule has 0 saturated carbocycles. The van der Waals surface area contributed by atoms with Gasteiger partial charge in [-0.1, -0.05) is 84.9 Å². The van der Waals surface area contributed by atoms with Crippen LogP contribution in [0.15, 0.2) is 84.9 Å². The molecule has 0 spiro atoms. The van der Waals surface area contributed by atoms with Gasteiger partial charge >= 0.3 is 0 Å². The third-order valence-electron chi connectivity index (χ3n) is 8.00. The minimum Gasteiger partial charge on any atom is -0.370 e. The maximum atomic E-state index is 14.3. The van der Waals surface area contributed by atoms with E-state index in [-0.39, 0.29) is 36.8 Å². The molecule has 1 aliphatic rings. The summed E-state index contributed by atoms with van der Waals surface area (Å²) in [5.74, 6) is -0.855. The zero-order valence-corrected chi connectivity index (χ0v) is 24.8. The smallest absolute Gasteiger partial charge is 0.249 e. The van der Waals surface area contributed by atoms with Gasteiger partial charge in [0, 0.05) is 40.0 Å². The molecular weight excluding hydrogens is 528 g/mol. The van der Waals surface area contributed by atoms with Gasteiger partial charge in [0.15, 0.2) is 0 Å². The molecule has 0 aromatic heterocycles. The van der Waals surface area contributed by atoms with Crippen LogP contribution in [0.25, 0.3) is 11.1 Å². The van der Waals surface area contributed by atoms with Crippen LogP contribution in [-0.2, 0) is 32.0 Å². The number of benzene rings is 3. The van der Waals surface area contributed by atoms with Crippen molar-refractivity contribution in [1.29, 1.82) is 0 Å². The molecule has 1 heterocycles. The normalized spacial score (nSPS) is 15.9. The molecule has 3 amide bonds. The Hall–Kier alpha value is -4.01. The molecule has 0 bridgehead atoms. The predicted molar refractivity (Wildman–Crippen MR) is 165 cm³/mol. The molecule has 1 aliphatic heterocycles. The van der Waals surface area contributed by atoms with Crippen LogP contribution in [0.3, 0.4) is 0 Å². The Labute approximate surface area is 249 Å². The molecule has 3 aromatic carbocycles. The van der Waals surface area contributed by atoms with Crippen molar-refractivity contribution >= 4 is 17.7 Å². The van der Waals surface area contributed by atoms with E-state index in [0.29, 0.717) is 13.0 Å². The Balaban J connectivity index is 1.60. The van der Waals surface area contributed by atoms with Gasteiger partial charge in [-0.25, -0.2) is 0 Å². The molecule has 3 aromatic rings. The summed E-state index contributed by atoms with van der Waals surface area (Å²) in [4.78, 5) is 43.7. The van der Waals surface area contributed by atoms with Gasteiger partial charge in [-0.15, -0.1) is 0 Å². The van der Waals surface area contributed by atoms with Gasteiger partial charge in [0.2, 0.25) is 17.7 Å². The number of carbonyl (C=O) groups is 3. The van der Waals surface area contributed by atoms with Crippen molar-refractivity contribution in [2.75, 3.05) is 40.9 Å². The van der Waals surface area contributed by atoms with Crippen LogP contribution >= 0.6 is 0 Å². The molecule has 222 valence electrons. The lowest BCUT2D eigenvalue weighted by Gasteiger charge is -2.34. The summed E-state index contributed by atoms with van der Waals surface area (Å²) in [6.45, 7) is 1.29. The molecule has 4 rings (SSSR count). The van der Waals surface area contributed by atoms with Crippen LogP contribution in [0, 0.1) is 0 Å². The lowest BCUT2D eigenvalue weighted by Crippen LogP contribution is -2.56. The zero-order valence-electron chi connectivity index (χ0n) is 24.8. The number of nitrogens with one attached hydrogen (secondary N) is 2. The minimum absolute atomic E-state index is 0.120. The third-order valence-corrected chi connectivity index (χ3v) is 8.00. The van der Waals surface area contributed by atoms with Gasteiger partial charge in [-0.05, 0) is 41.6 Å². The van der Waals surface area contributed by atoms with Crippen molar-refractivity contribution in [3.8, 4) is 11.1 Å². The lowest BCUT2D eigenvalue weighted by molar-refractivity contribution is -0.149. The van der Waals surface area contributed by atoms with Gasteiger partial charge in [-0.2, -0.15) is 0 Å². The van der Waals surface area contributed by atoms with Crippen molar-refractivity contribution < 1.29 is 19.1 Å². The van der Waals surface area contributed by atoms with E-state index in [0.717, 1.165) is 41.6 Å². The van der Waals surface area contributed by atoms with Gasteiger partial charge in [0.25, 0.3) is 0 Å². The predicted octanol–water partition coefficient (Wildman–Crippen LogP) is 3.31. The average Bonchev–Trinajstić information content (AvgIpc) is 3.56. The van der Waals surface area contributed by atoms with Gasteiger partial charge < -0.3 is 25.2 Å². The zero-order chi connectivity index (χ0) is 29.9. The second-order valence-electron chi connectivity index (χ2n) is 10.8. The summed E-state index contributed by atoms with van der Waals surface area (Å²) >= 11 is 0. The van der Waals surface area contributed by atoms with Crippen molar-refractivity contribution in [3.05, 3.63) is 96.1 Å². The van der Waals surface area contributed by atoms with Crippen LogP contribution in [0.2, 0.25) is 0 Å². The van der Waals surface area contributed by atoms with Gasteiger partial charge in [0.05, 0.1) is 6.61 Å². The summed E-state index contributed by atoms with van der Waals surface area (Å²) in [5, 5.41) is 6.08. The molecule has 1 saturated heterocycles. The second-order valence-corrected chi connectivity index (χ2v) is 10.8. The highest BCUT2D eigenvalue weighted by molar-refractivity contribution is 5.92. The number of likely N-dealkylation sites (N-methyl/N-ethyl adjacent to an activating group) is 3. The van der Waals surface area contributed by atoms with E-state index in [1.165, 1.54) is 9.80 Å². The second kappa shape index (κ2) is 15.3. The fourth-order valence-electron chi connectivity index (χ4n) is 5.46. The highest BCUT2D eigenvalue weighted by atomic mass is 16.5. The van der Waals surface area contributed by atoms with E-state index < -0.39 is 12.1 Å². The van der Waals surface area contributed by atoms with Crippen molar-refractivity contribution in [3.63, 3.8) is 0 Å². The van der Waals surface area contributed by atoms with E-state index in [1.54, 1.807) is 21.1 Å². The number of hydrogen-bond donors (Lipinski definition) is 2. The molecule has 0 radical (unpaired) electrons. The summed E-state index contributed by atoms with van der Waals surface area (Å²) in [5.41, 5.74) is 3.90. The SMILES string of the molecule is CNC(=O)[C@@H](Cc1ccccc1)N(C)C(=O)[C@@H](Cc1ccccc1-c1ccccc1)N(C)C(=O)COC[C@@H]1CCCN1. The summed E-state index contributed by atoms with van der Waals surface area (Å²) in [6, 6.07) is 26.2. The first-order valence-corrected chi connectivity index (χ1v) is 14.6. The minimum atomic E-state index is -0.844. The fraction of sp³-hybridized carbons (Fsp3) is 0.382. The molecule has 0 aliphatic carbocycles. The van der Waals surface area contributed by atoms with Gasteiger partial charge in [-0.3, -0.25) is 14.4 Å². The number of rotatable bonds is 13. The maximum Gasteiger partial charge on any atom is 0.249 e.